The predicted octanol–water partition coefficient (Wildman–Crippen LogP) is 4.55. The van der Waals surface area contributed by atoms with Gasteiger partial charge < -0.3 is 10.2 Å². The van der Waals surface area contributed by atoms with Gasteiger partial charge in [-0.25, -0.2) is 0 Å². The Bertz CT molecular complexity index is 526. The fourth-order valence-electron chi connectivity index (χ4n) is 7.70. The van der Waals surface area contributed by atoms with Gasteiger partial charge in [-0.1, -0.05) is 32.4 Å². The lowest BCUT2D eigenvalue weighted by atomic mass is 9.44. The van der Waals surface area contributed by atoms with Crippen LogP contribution in [0.4, 0.5) is 0 Å². The molecule has 2 N–H and O–H groups in total. The second-order valence-electron chi connectivity index (χ2n) is 10.0. The van der Waals surface area contributed by atoms with Gasteiger partial charge in [0.05, 0.1) is 6.10 Å². The quantitative estimate of drug-likeness (QED) is 0.728. The van der Waals surface area contributed by atoms with Crippen molar-refractivity contribution in [2.75, 3.05) is 6.61 Å². The van der Waals surface area contributed by atoms with Crippen LogP contribution in [-0.4, -0.2) is 22.9 Å². The van der Waals surface area contributed by atoms with Crippen molar-refractivity contribution >= 4 is 0 Å². The summed E-state index contributed by atoms with van der Waals surface area (Å²) in [5.74, 6) is 3.59. The van der Waals surface area contributed by atoms with E-state index in [1.807, 2.05) is 0 Å². The first-order valence-electron chi connectivity index (χ1n) is 10.4. The average molecular weight is 333 g/mol. The molecule has 3 saturated carbocycles. The van der Waals surface area contributed by atoms with E-state index in [4.69, 9.17) is 0 Å². The minimum Gasteiger partial charge on any atom is -0.396 e. The molecule has 4 aliphatic rings. The van der Waals surface area contributed by atoms with Crippen LogP contribution in [0, 0.1) is 40.4 Å². The van der Waals surface area contributed by atoms with Gasteiger partial charge in [0.2, 0.25) is 0 Å². The molecule has 0 unspecified atom stereocenters. The van der Waals surface area contributed by atoms with Gasteiger partial charge in [-0.05, 0) is 85.9 Å². The highest BCUT2D eigenvalue weighted by molar-refractivity contribution is 5.27. The Morgan fingerprint density at radius 3 is 2.67 bits per heavy atom. The summed E-state index contributed by atoms with van der Waals surface area (Å²) < 4.78 is 0. The molecule has 0 aliphatic heterocycles. The monoisotopic (exact) mass is 332 g/mol. The third-order valence-corrected chi connectivity index (χ3v) is 9.08. The summed E-state index contributed by atoms with van der Waals surface area (Å²) in [5.41, 5.74) is 2.36. The van der Waals surface area contributed by atoms with Gasteiger partial charge in [0.15, 0.2) is 0 Å². The molecule has 0 saturated heterocycles. The van der Waals surface area contributed by atoms with E-state index in [2.05, 4.69) is 26.8 Å². The van der Waals surface area contributed by atoms with Crippen molar-refractivity contribution in [2.24, 2.45) is 40.4 Å². The number of allylic oxidation sites excluding steroid dienone is 1. The lowest BCUT2D eigenvalue weighted by molar-refractivity contribution is -0.118. The number of rotatable bonds is 2. The third kappa shape index (κ3) is 2.28. The average Bonchev–Trinajstić information content (AvgIpc) is 2.92. The topological polar surface area (TPSA) is 40.5 Å². The Balaban J connectivity index is 1.59. The first-order valence-corrected chi connectivity index (χ1v) is 10.4. The molecule has 0 amide bonds. The Kier molecular flexibility index (Phi) is 4.16. The van der Waals surface area contributed by atoms with Crippen molar-refractivity contribution in [3.05, 3.63) is 11.6 Å². The van der Waals surface area contributed by atoms with Crippen LogP contribution in [0.2, 0.25) is 0 Å². The molecule has 0 aromatic heterocycles. The summed E-state index contributed by atoms with van der Waals surface area (Å²) in [6.07, 6.45) is 12.3. The minimum atomic E-state index is -0.0429. The van der Waals surface area contributed by atoms with E-state index in [0.29, 0.717) is 23.4 Å². The molecule has 8 atom stereocenters. The fraction of sp³-hybridized carbons (Fsp3) is 0.909. The maximum Gasteiger partial charge on any atom is 0.0543 e. The number of aliphatic hydroxyl groups is 2. The van der Waals surface area contributed by atoms with E-state index in [9.17, 15) is 10.2 Å². The van der Waals surface area contributed by atoms with Crippen LogP contribution in [-0.2, 0) is 0 Å². The maximum absolute atomic E-state index is 10.1. The van der Waals surface area contributed by atoms with Crippen molar-refractivity contribution in [1.29, 1.82) is 0 Å². The molecule has 4 rings (SSSR count). The summed E-state index contributed by atoms with van der Waals surface area (Å²) in [4.78, 5) is 0. The Labute approximate surface area is 147 Å². The number of aliphatic hydroxyl groups excluding tert-OH is 2. The van der Waals surface area contributed by atoms with Crippen molar-refractivity contribution in [2.45, 2.75) is 78.2 Å². The van der Waals surface area contributed by atoms with Crippen LogP contribution in [0.25, 0.3) is 0 Å². The van der Waals surface area contributed by atoms with Gasteiger partial charge >= 0.3 is 0 Å². The molecular weight excluding hydrogens is 296 g/mol. The first kappa shape index (κ1) is 17.1. The fourth-order valence-corrected chi connectivity index (χ4v) is 7.70. The summed E-state index contributed by atoms with van der Waals surface area (Å²) in [5, 5.41) is 19.8. The molecule has 0 heterocycles. The Morgan fingerprint density at radius 1 is 1.12 bits per heavy atom. The summed E-state index contributed by atoms with van der Waals surface area (Å²) in [6.45, 7) is 7.55. The number of fused-ring (bicyclic) bond motifs is 5. The minimum absolute atomic E-state index is 0.0429. The molecule has 0 radical (unpaired) electrons. The lowest BCUT2D eigenvalue weighted by Gasteiger charge is -2.61. The van der Waals surface area contributed by atoms with Crippen LogP contribution in [0.1, 0.15) is 72.1 Å². The smallest absolute Gasteiger partial charge is 0.0543 e. The van der Waals surface area contributed by atoms with Crippen LogP contribution in [0.15, 0.2) is 11.6 Å². The van der Waals surface area contributed by atoms with Crippen LogP contribution >= 0.6 is 0 Å². The summed E-state index contributed by atoms with van der Waals surface area (Å²) in [6, 6.07) is 0. The molecule has 0 aromatic rings. The number of hydrogen-bond donors (Lipinski definition) is 2. The summed E-state index contributed by atoms with van der Waals surface area (Å²) >= 11 is 0. The zero-order valence-corrected chi connectivity index (χ0v) is 15.8. The molecular formula is C22H36O2. The zero-order valence-electron chi connectivity index (χ0n) is 15.8. The molecule has 2 nitrogen and oxygen atoms in total. The summed E-state index contributed by atoms with van der Waals surface area (Å²) in [7, 11) is 0. The van der Waals surface area contributed by atoms with Crippen molar-refractivity contribution in [1.82, 2.24) is 0 Å². The van der Waals surface area contributed by atoms with E-state index < -0.39 is 0 Å². The highest BCUT2D eigenvalue weighted by atomic mass is 16.3. The van der Waals surface area contributed by atoms with Gasteiger partial charge in [0.1, 0.15) is 0 Å². The van der Waals surface area contributed by atoms with Crippen LogP contribution in [0.3, 0.4) is 0 Å². The molecule has 2 heteroatoms. The first-order chi connectivity index (χ1) is 11.4. The van der Waals surface area contributed by atoms with Gasteiger partial charge in [-0.15, -0.1) is 0 Å². The molecule has 24 heavy (non-hydrogen) atoms. The molecule has 0 bridgehead atoms. The van der Waals surface area contributed by atoms with E-state index >= 15 is 0 Å². The standard InChI is InChI=1S/C22H36O2/c1-14(13-23)18-6-7-19-17-5-4-15-12-16(24)8-10-21(15,2)20(17)9-11-22(18,19)3/h6,14-17,19-20,23-24H,4-5,7-13H2,1-3H3/t14-,15-,16-,17-,19-,20-,21-,22+/m0/s1. The SMILES string of the molecule is C[C@@H](CO)C1=CC[C@H]2[C@@H]3CC[C@H]4C[C@@H](O)CC[C@]4(C)[C@H]3CC[C@]12C. The van der Waals surface area contributed by atoms with E-state index in [1.54, 1.807) is 5.57 Å². The molecule has 3 fully saturated rings. The third-order valence-electron chi connectivity index (χ3n) is 9.08. The van der Waals surface area contributed by atoms with Gasteiger partial charge in [-0.3, -0.25) is 0 Å². The van der Waals surface area contributed by atoms with Gasteiger partial charge in [-0.2, -0.15) is 0 Å². The normalized spacial score (nSPS) is 52.0. The van der Waals surface area contributed by atoms with Crippen LogP contribution < -0.4 is 0 Å². The molecule has 0 spiro atoms. The Hall–Kier alpha value is -0.340. The molecule has 0 aromatic carbocycles. The van der Waals surface area contributed by atoms with E-state index in [0.717, 1.165) is 36.5 Å². The largest absolute Gasteiger partial charge is 0.396 e. The second-order valence-corrected chi connectivity index (χ2v) is 10.0. The molecule has 4 aliphatic carbocycles. The Morgan fingerprint density at radius 2 is 1.92 bits per heavy atom. The maximum atomic E-state index is 10.1. The van der Waals surface area contributed by atoms with Gasteiger partial charge in [0, 0.05) is 12.5 Å². The van der Waals surface area contributed by atoms with E-state index in [1.165, 1.54) is 38.5 Å². The van der Waals surface area contributed by atoms with E-state index in [-0.39, 0.29) is 6.10 Å². The van der Waals surface area contributed by atoms with Crippen molar-refractivity contribution in [3.63, 3.8) is 0 Å². The number of hydrogen-bond acceptors (Lipinski definition) is 2. The predicted molar refractivity (Wildman–Crippen MR) is 97.4 cm³/mol. The zero-order chi connectivity index (χ0) is 17.1. The van der Waals surface area contributed by atoms with Crippen molar-refractivity contribution in [3.8, 4) is 0 Å². The highest BCUT2D eigenvalue weighted by Gasteiger charge is 2.58. The molecule has 136 valence electrons. The highest BCUT2D eigenvalue weighted by Crippen LogP contribution is 2.66. The van der Waals surface area contributed by atoms with Gasteiger partial charge in [0.25, 0.3) is 0 Å². The van der Waals surface area contributed by atoms with Crippen LogP contribution in [0.5, 0.6) is 0 Å². The lowest BCUT2D eigenvalue weighted by Crippen LogP contribution is -2.53. The second kappa shape index (κ2) is 5.84. The van der Waals surface area contributed by atoms with Crippen molar-refractivity contribution < 1.29 is 10.2 Å².